The normalized spacial score (nSPS) is 11.3. The predicted molar refractivity (Wildman–Crippen MR) is 111 cm³/mol. The second-order valence-corrected chi connectivity index (χ2v) is 9.60. The first-order chi connectivity index (χ1) is 12.9. The zero-order chi connectivity index (χ0) is 19.4. The minimum absolute atomic E-state index is 0.0365. The molecular weight excluding hydrogens is 400 g/mol. The fourth-order valence-corrected chi connectivity index (χ4v) is 4.69. The van der Waals surface area contributed by atoms with Crippen LogP contribution in [0.4, 0.5) is 5.13 Å². The lowest BCUT2D eigenvalue weighted by Gasteiger charge is -2.08. The van der Waals surface area contributed by atoms with Crippen molar-refractivity contribution in [3.63, 3.8) is 0 Å². The number of nitrogens with zero attached hydrogens (tertiary/aromatic N) is 1. The zero-order valence-corrected chi connectivity index (χ0v) is 17.2. The molecule has 8 heteroatoms. The quantitative estimate of drug-likeness (QED) is 0.593. The lowest BCUT2D eigenvalue weighted by molar-refractivity contribution is 0.102. The Morgan fingerprint density at radius 1 is 1.15 bits per heavy atom. The molecule has 0 bridgehead atoms. The minimum Gasteiger partial charge on any atom is -0.298 e. The molecule has 5 nitrogen and oxygen atoms in total. The van der Waals surface area contributed by atoms with Crippen LogP contribution in [0.5, 0.6) is 0 Å². The van der Waals surface area contributed by atoms with Crippen molar-refractivity contribution in [2.45, 2.75) is 16.7 Å². The Morgan fingerprint density at radius 3 is 2.52 bits per heavy atom. The second-order valence-electron chi connectivity index (χ2n) is 5.62. The van der Waals surface area contributed by atoms with Gasteiger partial charge in [-0.1, -0.05) is 31.2 Å². The SMILES string of the molecule is CCS(=O)(=O)c1ccccc1C(=O)Nc1nc(-c2ccc(SC)cc2)cs1. The van der Waals surface area contributed by atoms with Crippen LogP contribution in [0.15, 0.2) is 63.7 Å². The predicted octanol–water partition coefficient (Wildman–Crippen LogP) is 4.58. The van der Waals surface area contributed by atoms with Gasteiger partial charge in [-0.15, -0.1) is 23.1 Å². The number of sulfone groups is 1. The fourth-order valence-electron chi connectivity index (χ4n) is 2.47. The Hall–Kier alpha value is -2.16. The van der Waals surface area contributed by atoms with Crippen LogP contribution in [-0.4, -0.2) is 31.3 Å². The second kappa shape index (κ2) is 8.24. The smallest absolute Gasteiger partial charge is 0.258 e. The fraction of sp³-hybridized carbons (Fsp3) is 0.158. The molecule has 27 heavy (non-hydrogen) atoms. The van der Waals surface area contributed by atoms with Crippen LogP contribution in [0.25, 0.3) is 11.3 Å². The molecule has 0 unspecified atom stereocenters. The topological polar surface area (TPSA) is 76.1 Å². The van der Waals surface area contributed by atoms with E-state index in [9.17, 15) is 13.2 Å². The van der Waals surface area contributed by atoms with E-state index in [1.165, 1.54) is 23.5 Å². The van der Waals surface area contributed by atoms with Crippen molar-refractivity contribution in [2.75, 3.05) is 17.3 Å². The van der Waals surface area contributed by atoms with E-state index < -0.39 is 15.7 Å². The van der Waals surface area contributed by atoms with E-state index in [2.05, 4.69) is 10.3 Å². The Morgan fingerprint density at radius 2 is 1.85 bits per heavy atom. The number of thioether (sulfide) groups is 1. The van der Waals surface area contributed by atoms with Crippen LogP contribution in [0.3, 0.4) is 0 Å². The first-order valence-corrected chi connectivity index (χ1v) is 11.9. The highest BCUT2D eigenvalue weighted by Gasteiger charge is 2.21. The van der Waals surface area contributed by atoms with Crippen molar-refractivity contribution >= 4 is 44.0 Å². The van der Waals surface area contributed by atoms with Crippen molar-refractivity contribution in [3.8, 4) is 11.3 Å². The van der Waals surface area contributed by atoms with Crippen LogP contribution in [0, 0.1) is 0 Å². The first kappa shape index (κ1) is 19.6. The van der Waals surface area contributed by atoms with Crippen LogP contribution in [-0.2, 0) is 9.84 Å². The third-order valence-electron chi connectivity index (χ3n) is 3.96. The van der Waals surface area contributed by atoms with Gasteiger partial charge in [-0.05, 0) is 30.5 Å². The van der Waals surface area contributed by atoms with E-state index in [0.717, 1.165) is 16.2 Å². The van der Waals surface area contributed by atoms with Crippen molar-refractivity contribution in [2.24, 2.45) is 0 Å². The zero-order valence-electron chi connectivity index (χ0n) is 14.8. The van der Waals surface area contributed by atoms with Crippen molar-refractivity contribution in [3.05, 3.63) is 59.5 Å². The summed E-state index contributed by atoms with van der Waals surface area (Å²) in [5, 5.41) is 4.99. The summed E-state index contributed by atoms with van der Waals surface area (Å²) in [6.07, 6.45) is 2.02. The summed E-state index contributed by atoms with van der Waals surface area (Å²) < 4.78 is 24.5. The molecule has 0 aliphatic heterocycles. The van der Waals surface area contributed by atoms with Crippen LogP contribution in [0.2, 0.25) is 0 Å². The molecule has 2 aromatic carbocycles. The van der Waals surface area contributed by atoms with Gasteiger partial charge in [-0.2, -0.15) is 0 Å². The molecule has 3 rings (SSSR count). The summed E-state index contributed by atoms with van der Waals surface area (Å²) in [4.78, 5) is 18.3. The molecular formula is C19H18N2O3S3. The number of hydrogen-bond acceptors (Lipinski definition) is 6. The van der Waals surface area contributed by atoms with Crippen molar-refractivity contribution < 1.29 is 13.2 Å². The van der Waals surface area contributed by atoms with E-state index in [1.807, 2.05) is 35.9 Å². The average Bonchev–Trinajstić information content (AvgIpc) is 3.16. The van der Waals surface area contributed by atoms with E-state index in [1.54, 1.807) is 30.8 Å². The molecule has 1 amide bonds. The average molecular weight is 419 g/mol. The van der Waals surface area contributed by atoms with Gasteiger partial charge in [0.1, 0.15) is 0 Å². The highest BCUT2D eigenvalue weighted by atomic mass is 32.2. The number of amides is 1. The molecule has 1 aromatic heterocycles. The number of thiazole rings is 1. The van der Waals surface area contributed by atoms with E-state index in [-0.39, 0.29) is 16.2 Å². The van der Waals surface area contributed by atoms with E-state index >= 15 is 0 Å². The highest BCUT2D eigenvalue weighted by Crippen LogP contribution is 2.27. The first-order valence-electron chi connectivity index (χ1n) is 8.17. The Bertz CT molecular complexity index is 1060. The standard InChI is InChI=1S/C19H18N2O3S3/c1-3-27(23,24)17-7-5-4-6-15(17)18(22)21-19-20-16(12-26-19)13-8-10-14(25-2)11-9-13/h4-12H,3H2,1-2H3,(H,20,21,22). The largest absolute Gasteiger partial charge is 0.298 e. The third kappa shape index (κ3) is 4.40. The number of aromatic nitrogens is 1. The van der Waals surface area contributed by atoms with Gasteiger partial charge in [0, 0.05) is 15.8 Å². The molecule has 0 radical (unpaired) electrons. The van der Waals surface area contributed by atoms with E-state index in [0.29, 0.717) is 5.13 Å². The molecule has 0 atom stereocenters. The van der Waals surface area contributed by atoms with Gasteiger partial charge in [0.05, 0.1) is 21.9 Å². The van der Waals surface area contributed by atoms with Gasteiger partial charge >= 0.3 is 0 Å². The van der Waals surface area contributed by atoms with Gasteiger partial charge < -0.3 is 0 Å². The maximum absolute atomic E-state index is 12.6. The molecule has 0 aliphatic rings. The number of benzene rings is 2. The van der Waals surface area contributed by atoms with Gasteiger partial charge in [-0.3, -0.25) is 10.1 Å². The summed E-state index contributed by atoms with van der Waals surface area (Å²) in [6.45, 7) is 1.56. The molecule has 1 N–H and O–H groups in total. The molecule has 0 aliphatic carbocycles. The van der Waals surface area contributed by atoms with Gasteiger partial charge in [0.2, 0.25) is 0 Å². The van der Waals surface area contributed by atoms with Crippen LogP contribution in [0.1, 0.15) is 17.3 Å². The maximum Gasteiger partial charge on any atom is 0.258 e. The minimum atomic E-state index is -3.49. The Labute approximate surface area is 166 Å². The number of nitrogens with one attached hydrogen (secondary N) is 1. The van der Waals surface area contributed by atoms with Crippen LogP contribution < -0.4 is 5.32 Å². The lowest BCUT2D eigenvalue weighted by Crippen LogP contribution is -2.17. The Kier molecular flexibility index (Phi) is 5.98. The molecule has 0 spiro atoms. The van der Waals surface area contributed by atoms with Gasteiger partial charge in [0.25, 0.3) is 5.91 Å². The molecule has 140 valence electrons. The maximum atomic E-state index is 12.6. The molecule has 3 aromatic rings. The third-order valence-corrected chi connectivity index (χ3v) is 7.24. The summed E-state index contributed by atoms with van der Waals surface area (Å²) in [6, 6.07) is 14.2. The molecule has 1 heterocycles. The summed E-state index contributed by atoms with van der Waals surface area (Å²) in [5.74, 6) is -0.550. The van der Waals surface area contributed by atoms with Gasteiger partial charge in [-0.25, -0.2) is 13.4 Å². The summed E-state index contributed by atoms with van der Waals surface area (Å²) in [7, 11) is -3.49. The number of carbonyl (C=O) groups excluding carboxylic acids is 1. The molecule has 0 fully saturated rings. The molecule has 0 saturated heterocycles. The number of carbonyl (C=O) groups is 1. The monoisotopic (exact) mass is 418 g/mol. The van der Waals surface area contributed by atoms with Crippen molar-refractivity contribution in [1.29, 1.82) is 0 Å². The Balaban J connectivity index is 1.83. The van der Waals surface area contributed by atoms with Gasteiger partial charge in [0.15, 0.2) is 15.0 Å². The van der Waals surface area contributed by atoms with Crippen LogP contribution >= 0.6 is 23.1 Å². The number of hydrogen-bond donors (Lipinski definition) is 1. The molecule has 0 saturated carbocycles. The number of rotatable bonds is 6. The summed E-state index contributed by atoms with van der Waals surface area (Å²) in [5.41, 5.74) is 1.84. The lowest BCUT2D eigenvalue weighted by atomic mass is 10.2. The van der Waals surface area contributed by atoms with Crippen molar-refractivity contribution in [1.82, 2.24) is 4.98 Å². The summed E-state index contributed by atoms with van der Waals surface area (Å²) >= 11 is 2.96. The number of anilines is 1. The highest BCUT2D eigenvalue weighted by molar-refractivity contribution is 7.98. The van der Waals surface area contributed by atoms with E-state index in [4.69, 9.17) is 0 Å².